The molecule has 1 amide bonds. The SMILES string of the molecule is O=Cc1ccc(C(F)(F)F)cc1C(O)C(O)CNC(=O)OCC1c2ccccc2-c2ccccc21. The minimum atomic E-state index is -4.69. The fourth-order valence-corrected chi connectivity index (χ4v) is 4.27. The lowest BCUT2D eigenvalue weighted by Gasteiger charge is -2.21. The van der Waals surface area contributed by atoms with Crippen molar-refractivity contribution in [1.29, 1.82) is 0 Å². The lowest BCUT2D eigenvalue weighted by molar-refractivity contribution is -0.137. The third-order valence-corrected chi connectivity index (χ3v) is 6.02. The minimum absolute atomic E-state index is 0.0292. The number of aliphatic hydroxyl groups excluding tert-OH is 2. The van der Waals surface area contributed by atoms with Gasteiger partial charge in [-0.1, -0.05) is 54.6 Å². The van der Waals surface area contributed by atoms with Crippen LogP contribution in [-0.4, -0.2) is 41.8 Å². The first kappa shape index (κ1) is 24.4. The fourth-order valence-electron chi connectivity index (χ4n) is 4.27. The van der Waals surface area contributed by atoms with Gasteiger partial charge in [0, 0.05) is 18.0 Å². The Morgan fingerprint density at radius 1 is 1.00 bits per heavy atom. The first-order valence-corrected chi connectivity index (χ1v) is 10.8. The topological polar surface area (TPSA) is 95.9 Å². The van der Waals surface area contributed by atoms with Gasteiger partial charge in [-0.05, 0) is 39.9 Å². The Labute approximate surface area is 199 Å². The second kappa shape index (κ2) is 9.89. The first-order valence-electron chi connectivity index (χ1n) is 10.8. The summed E-state index contributed by atoms with van der Waals surface area (Å²) < 4.78 is 44.4. The van der Waals surface area contributed by atoms with Gasteiger partial charge in [0.05, 0.1) is 5.56 Å². The number of halogens is 3. The van der Waals surface area contributed by atoms with Crippen molar-refractivity contribution in [3.63, 3.8) is 0 Å². The van der Waals surface area contributed by atoms with Gasteiger partial charge in [0.1, 0.15) is 25.1 Å². The number of hydrogen-bond donors (Lipinski definition) is 3. The first-order chi connectivity index (χ1) is 16.7. The molecular weight excluding hydrogens is 463 g/mol. The molecule has 0 aliphatic heterocycles. The standard InChI is InChI=1S/C26H22F3NO5/c27-26(28,29)16-10-9-15(13-31)21(11-16)24(33)23(32)12-30-25(34)35-14-22-19-7-3-1-5-17(19)18-6-2-4-8-20(18)22/h1-11,13,22-24,32-33H,12,14H2,(H,30,34). The number of fused-ring (bicyclic) bond motifs is 3. The molecule has 4 rings (SSSR count). The number of alkyl carbamates (subject to hydrolysis) is 1. The molecule has 1 aliphatic carbocycles. The summed E-state index contributed by atoms with van der Waals surface area (Å²) in [5, 5.41) is 22.9. The molecule has 3 N–H and O–H groups in total. The number of carbonyl (C=O) groups excluding carboxylic acids is 2. The van der Waals surface area contributed by atoms with Gasteiger partial charge >= 0.3 is 12.3 Å². The average molecular weight is 485 g/mol. The molecule has 0 bridgehead atoms. The number of ether oxygens (including phenoxy) is 1. The highest BCUT2D eigenvalue weighted by atomic mass is 19.4. The maximum Gasteiger partial charge on any atom is 0.416 e. The van der Waals surface area contributed by atoms with Crippen LogP contribution in [0.3, 0.4) is 0 Å². The number of benzene rings is 3. The molecule has 0 spiro atoms. The number of nitrogens with one attached hydrogen (secondary N) is 1. The number of alkyl halides is 3. The van der Waals surface area contributed by atoms with E-state index in [1.54, 1.807) is 0 Å². The summed E-state index contributed by atoms with van der Waals surface area (Å²) in [4.78, 5) is 23.5. The highest BCUT2D eigenvalue weighted by Gasteiger charge is 2.33. The van der Waals surface area contributed by atoms with Gasteiger partial charge in [-0.2, -0.15) is 13.2 Å². The molecule has 2 atom stereocenters. The summed E-state index contributed by atoms with van der Waals surface area (Å²) in [6, 6.07) is 17.8. The second-order valence-corrected chi connectivity index (χ2v) is 8.18. The molecule has 182 valence electrons. The van der Waals surface area contributed by atoms with Crippen LogP contribution in [0.5, 0.6) is 0 Å². The van der Waals surface area contributed by atoms with Crippen molar-refractivity contribution < 1.29 is 37.7 Å². The fraction of sp³-hybridized carbons (Fsp3) is 0.231. The van der Waals surface area contributed by atoms with E-state index in [1.165, 1.54) is 0 Å². The summed E-state index contributed by atoms with van der Waals surface area (Å²) in [6.45, 7) is -0.478. The highest BCUT2D eigenvalue weighted by Crippen LogP contribution is 2.44. The van der Waals surface area contributed by atoms with Crippen LogP contribution in [0.15, 0.2) is 66.7 Å². The molecule has 1 aliphatic rings. The van der Waals surface area contributed by atoms with Crippen molar-refractivity contribution in [1.82, 2.24) is 5.32 Å². The zero-order valence-electron chi connectivity index (χ0n) is 18.3. The molecular formula is C26H22F3NO5. The molecule has 3 aromatic carbocycles. The molecule has 6 nitrogen and oxygen atoms in total. The summed E-state index contributed by atoms with van der Waals surface area (Å²) in [6.07, 6.45) is -8.80. The third-order valence-electron chi connectivity index (χ3n) is 6.02. The normalized spacial score (nSPS) is 14.5. The van der Waals surface area contributed by atoms with Crippen LogP contribution in [0.4, 0.5) is 18.0 Å². The van der Waals surface area contributed by atoms with Crippen LogP contribution in [0.25, 0.3) is 11.1 Å². The predicted molar refractivity (Wildman–Crippen MR) is 121 cm³/mol. The summed E-state index contributed by atoms with van der Waals surface area (Å²) in [5.74, 6) is -0.177. The minimum Gasteiger partial charge on any atom is -0.449 e. The van der Waals surface area contributed by atoms with E-state index in [0.29, 0.717) is 12.1 Å². The zero-order chi connectivity index (χ0) is 25.2. The van der Waals surface area contributed by atoms with E-state index in [1.807, 2.05) is 48.5 Å². The molecule has 0 saturated carbocycles. The van der Waals surface area contributed by atoms with Gasteiger partial charge in [0.2, 0.25) is 0 Å². The Hall–Kier alpha value is -3.69. The van der Waals surface area contributed by atoms with E-state index < -0.39 is 42.1 Å². The lowest BCUT2D eigenvalue weighted by Crippen LogP contribution is -2.36. The quantitative estimate of drug-likeness (QED) is 0.430. The maximum atomic E-state index is 13.0. The van der Waals surface area contributed by atoms with Gasteiger partial charge in [-0.25, -0.2) is 4.79 Å². The van der Waals surface area contributed by atoms with Crippen LogP contribution < -0.4 is 5.32 Å². The highest BCUT2D eigenvalue weighted by molar-refractivity contribution is 5.79. The largest absolute Gasteiger partial charge is 0.449 e. The monoisotopic (exact) mass is 485 g/mol. The number of carbonyl (C=O) groups is 2. The lowest BCUT2D eigenvalue weighted by atomic mass is 9.96. The van der Waals surface area contributed by atoms with Crippen molar-refractivity contribution in [2.75, 3.05) is 13.2 Å². The molecule has 0 saturated heterocycles. The van der Waals surface area contributed by atoms with E-state index >= 15 is 0 Å². The van der Waals surface area contributed by atoms with E-state index in [2.05, 4.69) is 5.32 Å². The van der Waals surface area contributed by atoms with Crippen LogP contribution in [-0.2, 0) is 10.9 Å². The summed E-state index contributed by atoms with van der Waals surface area (Å²) >= 11 is 0. The Bertz CT molecular complexity index is 1200. The molecule has 0 heterocycles. The van der Waals surface area contributed by atoms with E-state index in [0.717, 1.165) is 28.3 Å². The van der Waals surface area contributed by atoms with E-state index in [4.69, 9.17) is 4.74 Å². The van der Waals surface area contributed by atoms with Crippen LogP contribution in [0.1, 0.15) is 44.6 Å². The van der Waals surface area contributed by atoms with Gasteiger partial charge < -0.3 is 20.3 Å². The predicted octanol–water partition coefficient (Wildman–Crippen LogP) is 4.45. The van der Waals surface area contributed by atoms with Crippen molar-refractivity contribution in [2.24, 2.45) is 0 Å². The van der Waals surface area contributed by atoms with Crippen LogP contribution in [0, 0.1) is 0 Å². The van der Waals surface area contributed by atoms with Gasteiger partial charge in [0.25, 0.3) is 0 Å². The van der Waals surface area contributed by atoms with Crippen LogP contribution >= 0.6 is 0 Å². The van der Waals surface area contributed by atoms with Gasteiger partial charge in [0.15, 0.2) is 0 Å². The summed E-state index contributed by atoms with van der Waals surface area (Å²) in [7, 11) is 0. The Morgan fingerprint density at radius 2 is 1.60 bits per heavy atom. The van der Waals surface area contributed by atoms with Crippen molar-refractivity contribution in [3.8, 4) is 11.1 Å². The summed E-state index contributed by atoms with van der Waals surface area (Å²) in [5.41, 5.74) is 2.48. The Balaban J connectivity index is 1.38. The molecule has 35 heavy (non-hydrogen) atoms. The smallest absolute Gasteiger partial charge is 0.416 e. The van der Waals surface area contributed by atoms with Crippen LogP contribution in [0.2, 0.25) is 0 Å². The number of aldehydes is 1. The third kappa shape index (κ3) is 5.06. The molecule has 2 unspecified atom stereocenters. The van der Waals surface area contributed by atoms with Crippen molar-refractivity contribution in [2.45, 2.75) is 24.3 Å². The van der Waals surface area contributed by atoms with E-state index in [-0.39, 0.29) is 24.4 Å². The molecule has 9 heteroatoms. The van der Waals surface area contributed by atoms with Gasteiger partial charge in [-0.3, -0.25) is 4.79 Å². The Kier molecular flexibility index (Phi) is 6.90. The van der Waals surface area contributed by atoms with Gasteiger partial charge in [-0.15, -0.1) is 0 Å². The van der Waals surface area contributed by atoms with E-state index in [9.17, 15) is 33.0 Å². The zero-order valence-corrected chi connectivity index (χ0v) is 18.3. The van der Waals surface area contributed by atoms with Crippen molar-refractivity contribution >= 4 is 12.4 Å². The molecule has 0 fully saturated rings. The average Bonchev–Trinajstić information content (AvgIpc) is 3.18. The number of aliphatic hydroxyl groups is 2. The Morgan fingerprint density at radius 3 is 2.17 bits per heavy atom. The molecule has 3 aromatic rings. The number of amides is 1. The number of hydrogen-bond acceptors (Lipinski definition) is 5. The molecule has 0 aromatic heterocycles. The molecule has 0 radical (unpaired) electrons. The number of rotatable bonds is 7. The second-order valence-electron chi connectivity index (χ2n) is 8.18. The maximum absolute atomic E-state index is 13.0. The van der Waals surface area contributed by atoms with Crippen molar-refractivity contribution in [3.05, 3.63) is 94.5 Å².